The molecule has 20 heavy (non-hydrogen) atoms. The Morgan fingerprint density at radius 2 is 2.00 bits per heavy atom. The molecular formula is C10H14N5O4Pd-3. The number of nitrogens with zero attached hydrogens (tertiary/aromatic N) is 3. The van der Waals surface area contributed by atoms with Crippen LogP contribution in [0.2, 0.25) is 0 Å². The molecule has 5 N–H and O–H groups in total. The number of carboxylic acids is 1. The molecule has 2 rings (SSSR count). The summed E-state index contributed by atoms with van der Waals surface area (Å²) in [6, 6.07) is 5.84. The van der Waals surface area contributed by atoms with Gasteiger partial charge >= 0.3 is 0 Å². The number of aliphatic carboxylic acids is 1. The monoisotopic (exact) mass is 374 g/mol. The molecule has 0 aliphatic rings. The molecule has 10 heteroatoms. The first-order chi connectivity index (χ1) is 7.93. The number of hydrogen-bond donors (Lipinski definition) is 1. The summed E-state index contributed by atoms with van der Waals surface area (Å²) in [5.41, 5.74) is 0.719. The number of nitro benzene ring substituents is 1. The number of carboxylic acid groups (broad SMARTS) is 1. The van der Waals surface area contributed by atoms with Crippen molar-refractivity contribution in [2.45, 2.75) is 6.92 Å². The van der Waals surface area contributed by atoms with Crippen LogP contribution in [-0.2, 0) is 32.3 Å². The Labute approximate surface area is 128 Å². The van der Waals surface area contributed by atoms with Gasteiger partial charge in [-0.3, -0.25) is 19.6 Å². The number of benzene rings is 1. The van der Waals surface area contributed by atoms with E-state index in [1.165, 1.54) is 18.3 Å². The number of aryl methyl sites for hydroxylation is 1. The molecule has 1 heterocycles. The van der Waals surface area contributed by atoms with Crippen molar-refractivity contribution < 1.29 is 35.2 Å². The zero-order chi connectivity index (χ0) is 13.0. The van der Waals surface area contributed by atoms with Crippen LogP contribution >= 0.6 is 0 Å². The van der Waals surface area contributed by atoms with Crippen molar-refractivity contribution in [3.8, 4) is 0 Å². The van der Waals surface area contributed by atoms with Crippen LogP contribution in [0.3, 0.4) is 0 Å². The predicted octanol–water partition coefficient (Wildman–Crippen LogP) is 2.80. The van der Waals surface area contributed by atoms with Gasteiger partial charge in [0.1, 0.15) is 0 Å². The molecule has 0 amide bonds. The fourth-order valence-electron chi connectivity index (χ4n) is 1.24. The summed E-state index contributed by atoms with van der Waals surface area (Å²) in [6.45, 7) is 1.08. The molecule has 1 aromatic carbocycles. The molecule has 0 aliphatic heterocycles. The first-order valence-electron chi connectivity index (χ1n) is 4.59. The molecule has 0 saturated carbocycles. The second kappa shape index (κ2) is 9.99. The minimum absolute atomic E-state index is 0. The minimum Gasteiger partial charge on any atom is -0.693 e. The number of non-ortho nitro benzene ring substituents is 1. The number of fused-ring (bicyclic) bond motifs is 1. The van der Waals surface area contributed by atoms with Crippen molar-refractivity contribution in [2.24, 2.45) is 7.05 Å². The largest absolute Gasteiger partial charge is 0.693 e. The van der Waals surface area contributed by atoms with Crippen LogP contribution in [-0.4, -0.2) is 25.8 Å². The first kappa shape index (κ1) is 23.3. The van der Waals surface area contributed by atoms with Crippen molar-refractivity contribution in [1.82, 2.24) is 9.78 Å². The molecular weight excluding hydrogens is 361 g/mol. The van der Waals surface area contributed by atoms with Gasteiger partial charge in [0.15, 0.2) is 5.69 Å². The van der Waals surface area contributed by atoms with E-state index in [1.807, 2.05) is 0 Å². The summed E-state index contributed by atoms with van der Waals surface area (Å²) in [7, 11) is 1.72. The summed E-state index contributed by atoms with van der Waals surface area (Å²) in [5, 5.41) is 22.4. The molecule has 0 saturated heterocycles. The summed E-state index contributed by atoms with van der Waals surface area (Å²) in [6.07, 6.45) is 1.48. The topological polar surface area (TPSA) is 165 Å². The summed E-state index contributed by atoms with van der Waals surface area (Å²) >= 11 is 0. The third kappa shape index (κ3) is 5.86. The van der Waals surface area contributed by atoms with Crippen LogP contribution in [0.1, 0.15) is 6.92 Å². The second-order valence-electron chi connectivity index (χ2n) is 3.17. The van der Waals surface area contributed by atoms with Crippen molar-refractivity contribution in [2.75, 3.05) is 0 Å². The third-order valence-corrected chi connectivity index (χ3v) is 1.87. The number of nitro groups is 1. The van der Waals surface area contributed by atoms with Gasteiger partial charge in [0.05, 0.1) is 0 Å². The van der Waals surface area contributed by atoms with Gasteiger partial charge in [-0.15, -0.1) is 0 Å². The van der Waals surface area contributed by atoms with Gasteiger partial charge in [-0.1, -0.05) is 6.07 Å². The molecule has 116 valence electrons. The molecule has 0 atom stereocenters. The quantitative estimate of drug-likeness (QED) is 0.350. The maximum absolute atomic E-state index is 10.6. The summed E-state index contributed by atoms with van der Waals surface area (Å²) in [5.74, 6) is -0.833. The Hall–Kier alpha value is -1.86. The number of rotatable bonds is 1. The standard InChI is InChI=1S/C8H6N3O2.C2H4O2.2H2N.Pd/c1-10-7-3-2-4-8(11(12)13)6(7)5-9-10;1-2(3)4;;;/h2,4-5H,1H3;1H3,(H,3,4);2*1H2;/q-1;;2*-1;. The van der Waals surface area contributed by atoms with Crippen molar-refractivity contribution in [3.63, 3.8) is 0 Å². The second-order valence-corrected chi connectivity index (χ2v) is 3.17. The van der Waals surface area contributed by atoms with Crippen LogP contribution < -0.4 is 0 Å². The maximum Gasteiger partial charge on any atom is 0.300 e. The zero-order valence-corrected chi connectivity index (χ0v) is 12.3. The third-order valence-electron chi connectivity index (χ3n) is 1.87. The van der Waals surface area contributed by atoms with E-state index in [2.05, 4.69) is 11.2 Å². The minimum atomic E-state index is -0.833. The Balaban J connectivity index is -0.000000372. The van der Waals surface area contributed by atoms with Crippen molar-refractivity contribution in [1.29, 1.82) is 0 Å². The van der Waals surface area contributed by atoms with E-state index in [4.69, 9.17) is 9.90 Å². The SMILES string of the molecule is CC(=O)O.Cn1ncc2c([N+](=O)[O-])cc[c-]c21.[NH2-].[NH2-].[Pd]. The van der Waals surface area contributed by atoms with Gasteiger partial charge in [-0.2, -0.15) is 17.2 Å². The fraction of sp³-hybridized carbons (Fsp3) is 0.200. The van der Waals surface area contributed by atoms with Gasteiger partial charge in [0.2, 0.25) is 0 Å². The molecule has 1 aromatic heterocycles. The maximum atomic E-state index is 10.6. The van der Waals surface area contributed by atoms with Gasteiger partial charge < -0.3 is 17.4 Å². The first-order valence-corrected chi connectivity index (χ1v) is 4.59. The number of hydrogen-bond acceptors (Lipinski definition) is 4. The van der Waals surface area contributed by atoms with E-state index >= 15 is 0 Å². The Kier molecular flexibility index (Phi) is 11.6. The Bertz CT molecular complexity index is 568. The normalized spacial score (nSPS) is 8.10. The van der Waals surface area contributed by atoms with Crippen molar-refractivity contribution >= 4 is 22.6 Å². The molecule has 0 unspecified atom stereocenters. The van der Waals surface area contributed by atoms with Crippen LogP contribution in [0.25, 0.3) is 23.2 Å². The van der Waals surface area contributed by atoms with Crippen LogP contribution in [0, 0.1) is 16.2 Å². The number of aromatic nitrogens is 2. The molecule has 0 radical (unpaired) electrons. The van der Waals surface area contributed by atoms with Crippen LogP contribution in [0.5, 0.6) is 0 Å². The van der Waals surface area contributed by atoms with Gasteiger partial charge in [-0.25, -0.2) is 0 Å². The number of carbonyl (C=O) groups is 1. The number of nitrogens with two attached hydrogens (primary N) is 2. The van der Waals surface area contributed by atoms with E-state index in [1.54, 1.807) is 11.7 Å². The molecule has 0 aliphatic carbocycles. The van der Waals surface area contributed by atoms with E-state index in [-0.39, 0.29) is 38.4 Å². The van der Waals surface area contributed by atoms with Gasteiger partial charge in [-0.05, 0) is 10.9 Å². The Morgan fingerprint density at radius 1 is 1.50 bits per heavy atom. The fourth-order valence-corrected chi connectivity index (χ4v) is 1.24. The smallest absolute Gasteiger partial charge is 0.300 e. The predicted molar refractivity (Wildman–Crippen MR) is 70.1 cm³/mol. The average molecular weight is 375 g/mol. The molecule has 0 bridgehead atoms. The molecule has 9 nitrogen and oxygen atoms in total. The average Bonchev–Trinajstić information content (AvgIpc) is 2.59. The van der Waals surface area contributed by atoms with Crippen LogP contribution in [0.4, 0.5) is 5.69 Å². The van der Waals surface area contributed by atoms with Gasteiger partial charge in [0.25, 0.3) is 5.97 Å². The summed E-state index contributed by atoms with van der Waals surface area (Å²) < 4.78 is 1.56. The summed E-state index contributed by atoms with van der Waals surface area (Å²) in [4.78, 5) is 19.2. The van der Waals surface area contributed by atoms with E-state index in [0.29, 0.717) is 10.9 Å². The van der Waals surface area contributed by atoms with Crippen molar-refractivity contribution in [3.05, 3.63) is 46.8 Å². The van der Waals surface area contributed by atoms with Crippen LogP contribution in [0.15, 0.2) is 18.3 Å². The van der Waals surface area contributed by atoms with E-state index < -0.39 is 10.9 Å². The Morgan fingerprint density at radius 3 is 2.45 bits per heavy atom. The molecule has 2 aromatic rings. The van der Waals surface area contributed by atoms with Gasteiger partial charge in [0, 0.05) is 45.5 Å². The van der Waals surface area contributed by atoms with E-state index in [0.717, 1.165) is 6.92 Å². The molecule has 0 fully saturated rings. The van der Waals surface area contributed by atoms with E-state index in [9.17, 15) is 10.1 Å². The molecule has 0 spiro atoms. The zero-order valence-electron chi connectivity index (χ0n) is 10.7.